The maximum atomic E-state index is 5.45. The highest BCUT2D eigenvalue weighted by molar-refractivity contribution is 5.79. The number of rotatable bonds is 11. The second kappa shape index (κ2) is 13.4. The Kier molecular flexibility index (Phi) is 10.7. The highest BCUT2D eigenvalue weighted by Crippen LogP contribution is 2.11. The molecule has 7 nitrogen and oxygen atoms in total. The van der Waals surface area contributed by atoms with E-state index in [2.05, 4.69) is 22.5 Å². The fourth-order valence-corrected chi connectivity index (χ4v) is 2.99. The first-order chi connectivity index (χ1) is 13.7. The number of nitrogens with one attached hydrogen (secondary N) is 2. The lowest BCUT2D eigenvalue weighted by Crippen LogP contribution is -2.49. The van der Waals surface area contributed by atoms with Crippen molar-refractivity contribution in [1.29, 1.82) is 0 Å². The molecule has 0 bridgehead atoms. The molecule has 1 fully saturated rings. The van der Waals surface area contributed by atoms with Crippen molar-refractivity contribution in [1.82, 2.24) is 15.5 Å². The van der Waals surface area contributed by atoms with Crippen LogP contribution in [0, 0.1) is 0 Å². The van der Waals surface area contributed by atoms with E-state index in [0.717, 1.165) is 76.3 Å². The van der Waals surface area contributed by atoms with Crippen molar-refractivity contribution < 1.29 is 14.2 Å². The second-order valence-electron chi connectivity index (χ2n) is 6.87. The van der Waals surface area contributed by atoms with E-state index in [1.165, 1.54) is 0 Å². The first-order valence-electron chi connectivity index (χ1n) is 10.3. The third kappa shape index (κ3) is 8.46. The van der Waals surface area contributed by atoms with Gasteiger partial charge >= 0.3 is 0 Å². The molecular formula is C21H36N4O3. The van der Waals surface area contributed by atoms with E-state index in [-0.39, 0.29) is 0 Å². The van der Waals surface area contributed by atoms with Crippen molar-refractivity contribution in [3.05, 3.63) is 29.8 Å². The van der Waals surface area contributed by atoms with E-state index in [9.17, 15) is 0 Å². The van der Waals surface area contributed by atoms with Gasteiger partial charge in [-0.25, -0.2) is 4.99 Å². The molecule has 1 aromatic carbocycles. The number of morpholine rings is 1. The van der Waals surface area contributed by atoms with Crippen molar-refractivity contribution in [3.8, 4) is 5.75 Å². The van der Waals surface area contributed by atoms with Crippen molar-refractivity contribution >= 4 is 5.96 Å². The highest BCUT2D eigenvalue weighted by atomic mass is 16.5. The smallest absolute Gasteiger partial charge is 0.191 e. The molecule has 1 aliphatic heterocycles. The van der Waals surface area contributed by atoms with Gasteiger partial charge < -0.3 is 24.8 Å². The van der Waals surface area contributed by atoms with Crippen LogP contribution in [0.4, 0.5) is 0 Å². The molecule has 0 saturated carbocycles. The quantitative estimate of drug-likeness (QED) is 0.341. The van der Waals surface area contributed by atoms with Gasteiger partial charge in [0.1, 0.15) is 5.75 Å². The lowest BCUT2D eigenvalue weighted by atomic mass is 10.2. The fraction of sp³-hybridized carbons (Fsp3) is 0.667. The van der Waals surface area contributed by atoms with E-state index in [4.69, 9.17) is 19.2 Å². The standard InChI is InChI=1S/C21H36N4O3/c1-4-27-13-5-10-22-21(23-16-18(2)25-11-14-28-15-12-25)24-17-19-6-8-20(26-3)9-7-19/h6-9,18H,4-5,10-17H2,1-3H3,(H2,22,23,24). The summed E-state index contributed by atoms with van der Waals surface area (Å²) in [6.07, 6.45) is 0.954. The van der Waals surface area contributed by atoms with Crippen LogP contribution in [-0.2, 0) is 16.0 Å². The van der Waals surface area contributed by atoms with Gasteiger partial charge in [0.05, 0.1) is 26.9 Å². The Balaban J connectivity index is 1.86. The third-order valence-corrected chi connectivity index (χ3v) is 4.77. The summed E-state index contributed by atoms with van der Waals surface area (Å²) in [7, 11) is 1.68. The SMILES string of the molecule is CCOCCCNC(=NCc1ccc(OC)cc1)NCC(C)N1CCOCC1. The van der Waals surface area contributed by atoms with Gasteiger partial charge in [-0.15, -0.1) is 0 Å². The Bertz CT molecular complexity index is 559. The number of aliphatic imine (C=N–C) groups is 1. The Morgan fingerprint density at radius 2 is 1.96 bits per heavy atom. The average Bonchev–Trinajstić information content (AvgIpc) is 2.75. The van der Waals surface area contributed by atoms with Crippen LogP contribution in [0.3, 0.4) is 0 Å². The molecular weight excluding hydrogens is 356 g/mol. The molecule has 0 amide bonds. The second-order valence-corrected chi connectivity index (χ2v) is 6.87. The van der Waals surface area contributed by atoms with E-state index >= 15 is 0 Å². The summed E-state index contributed by atoms with van der Waals surface area (Å²) in [6.45, 7) is 11.7. The number of ether oxygens (including phenoxy) is 3. The van der Waals surface area contributed by atoms with Crippen LogP contribution in [0.25, 0.3) is 0 Å². The summed E-state index contributed by atoms with van der Waals surface area (Å²) in [5.74, 6) is 1.70. The first kappa shape index (κ1) is 22.5. The zero-order valence-corrected chi connectivity index (χ0v) is 17.6. The summed E-state index contributed by atoms with van der Waals surface area (Å²) in [4.78, 5) is 7.21. The van der Waals surface area contributed by atoms with Gasteiger partial charge in [0.15, 0.2) is 5.96 Å². The maximum absolute atomic E-state index is 5.45. The Hall–Kier alpha value is -1.83. The number of methoxy groups -OCH3 is 1. The van der Waals surface area contributed by atoms with Crippen LogP contribution in [-0.4, -0.2) is 76.6 Å². The minimum atomic E-state index is 0.431. The lowest BCUT2D eigenvalue weighted by Gasteiger charge is -2.32. The molecule has 0 aliphatic carbocycles. The van der Waals surface area contributed by atoms with Gasteiger partial charge in [-0.2, -0.15) is 0 Å². The molecule has 0 radical (unpaired) electrons. The van der Waals surface area contributed by atoms with Crippen LogP contribution in [0.5, 0.6) is 5.75 Å². The van der Waals surface area contributed by atoms with E-state index in [1.54, 1.807) is 7.11 Å². The van der Waals surface area contributed by atoms with Crippen molar-refractivity contribution in [2.24, 2.45) is 4.99 Å². The summed E-state index contributed by atoms with van der Waals surface area (Å²) < 4.78 is 16.1. The zero-order chi connectivity index (χ0) is 20.0. The van der Waals surface area contributed by atoms with E-state index < -0.39 is 0 Å². The predicted molar refractivity (Wildman–Crippen MR) is 113 cm³/mol. The monoisotopic (exact) mass is 392 g/mol. The van der Waals surface area contributed by atoms with Gasteiger partial charge in [-0.3, -0.25) is 4.90 Å². The first-order valence-corrected chi connectivity index (χ1v) is 10.3. The fourth-order valence-electron chi connectivity index (χ4n) is 2.99. The van der Waals surface area contributed by atoms with Gasteiger partial charge in [0.25, 0.3) is 0 Å². The molecule has 1 unspecified atom stereocenters. The molecule has 1 saturated heterocycles. The topological polar surface area (TPSA) is 67.3 Å². The molecule has 1 aliphatic rings. The lowest BCUT2D eigenvalue weighted by molar-refractivity contribution is 0.0211. The van der Waals surface area contributed by atoms with Crippen molar-refractivity contribution in [2.75, 3.05) is 59.7 Å². The molecule has 1 atom stereocenters. The summed E-state index contributed by atoms with van der Waals surface area (Å²) in [5, 5.41) is 6.91. The Labute approximate surface area is 169 Å². The van der Waals surface area contributed by atoms with Gasteiger partial charge in [-0.1, -0.05) is 12.1 Å². The van der Waals surface area contributed by atoms with Crippen molar-refractivity contribution in [3.63, 3.8) is 0 Å². The minimum Gasteiger partial charge on any atom is -0.497 e. The molecule has 158 valence electrons. The van der Waals surface area contributed by atoms with Crippen LogP contribution >= 0.6 is 0 Å². The molecule has 1 aromatic rings. The highest BCUT2D eigenvalue weighted by Gasteiger charge is 2.17. The third-order valence-electron chi connectivity index (χ3n) is 4.77. The number of benzene rings is 1. The number of guanidine groups is 1. The number of nitrogens with zero attached hydrogens (tertiary/aromatic N) is 2. The normalized spacial score (nSPS) is 16.6. The number of hydrogen-bond donors (Lipinski definition) is 2. The minimum absolute atomic E-state index is 0.431. The largest absolute Gasteiger partial charge is 0.497 e. The predicted octanol–water partition coefficient (Wildman–Crippen LogP) is 1.88. The molecule has 7 heteroatoms. The van der Waals surface area contributed by atoms with Gasteiger partial charge in [-0.05, 0) is 38.0 Å². The van der Waals surface area contributed by atoms with E-state index in [0.29, 0.717) is 12.6 Å². The molecule has 0 spiro atoms. The van der Waals surface area contributed by atoms with Crippen LogP contribution in [0.15, 0.2) is 29.3 Å². The number of hydrogen-bond acceptors (Lipinski definition) is 5. The van der Waals surface area contributed by atoms with Crippen molar-refractivity contribution in [2.45, 2.75) is 32.9 Å². The average molecular weight is 393 g/mol. The van der Waals surface area contributed by atoms with Gasteiger partial charge in [0, 0.05) is 45.4 Å². The molecule has 2 rings (SSSR count). The molecule has 28 heavy (non-hydrogen) atoms. The summed E-state index contributed by atoms with van der Waals surface area (Å²) >= 11 is 0. The summed E-state index contributed by atoms with van der Waals surface area (Å²) in [6, 6.07) is 8.46. The molecule has 2 N–H and O–H groups in total. The van der Waals surface area contributed by atoms with E-state index in [1.807, 2.05) is 31.2 Å². The Morgan fingerprint density at radius 1 is 1.21 bits per heavy atom. The summed E-state index contributed by atoms with van der Waals surface area (Å²) in [5.41, 5.74) is 1.15. The van der Waals surface area contributed by atoms with Crippen LogP contribution in [0.2, 0.25) is 0 Å². The Morgan fingerprint density at radius 3 is 2.64 bits per heavy atom. The van der Waals surface area contributed by atoms with Crippen LogP contribution in [0.1, 0.15) is 25.8 Å². The van der Waals surface area contributed by atoms with Gasteiger partial charge in [0.2, 0.25) is 0 Å². The molecule has 0 aromatic heterocycles. The molecule has 1 heterocycles. The van der Waals surface area contributed by atoms with Crippen LogP contribution < -0.4 is 15.4 Å². The zero-order valence-electron chi connectivity index (χ0n) is 17.6. The maximum Gasteiger partial charge on any atom is 0.191 e.